The molecule has 1 aliphatic rings. The lowest BCUT2D eigenvalue weighted by atomic mass is 9.92. The van der Waals surface area contributed by atoms with E-state index in [1.54, 1.807) is 11.3 Å². The molecule has 0 aliphatic carbocycles. The van der Waals surface area contributed by atoms with Gasteiger partial charge in [0.1, 0.15) is 6.10 Å². The van der Waals surface area contributed by atoms with Gasteiger partial charge in [0, 0.05) is 4.88 Å². The Bertz CT molecular complexity index is 583. The van der Waals surface area contributed by atoms with Gasteiger partial charge in [-0.2, -0.15) is 0 Å². The van der Waals surface area contributed by atoms with Crippen LogP contribution in [0.3, 0.4) is 0 Å². The van der Waals surface area contributed by atoms with Crippen molar-refractivity contribution in [2.45, 2.75) is 25.5 Å². The summed E-state index contributed by atoms with van der Waals surface area (Å²) >= 11 is 8.02. The summed E-state index contributed by atoms with van der Waals surface area (Å²) in [6.45, 7) is 3.77. The van der Waals surface area contributed by atoms with Crippen LogP contribution in [0.15, 0.2) is 35.7 Å². The maximum atomic E-state index is 6.33. The predicted molar refractivity (Wildman–Crippen MR) is 84.6 cm³/mol. The monoisotopic (exact) mass is 307 g/mol. The molecule has 4 heteroatoms. The summed E-state index contributed by atoms with van der Waals surface area (Å²) in [6, 6.07) is 10.6. The molecule has 0 bridgehead atoms. The molecule has 2 heterocycles. The van der Waals surface area contributed by atoms with E-state index in [4.69, 9.17) is 16.3 Å². The topological polar surface area (TPSA) is 21.3 Å². The lowest BCUT2D eigenvalue weighted by Crippen LogP contribution is -2.31. The smallest absolute Gasteiger partial charge is 0.103 e. The van der Waals surface area contributed by atoms with E-state index in [0.717, 1.165) is 29.5 Å². The maximum absolute atomic E-state index is 6.33. The first-order chi connectivity index (χ1) is 9.81. The zero-order valence-electron chi connectivity index (χ0n) is 11.4. The molecule has 1 aromatic heterocycles. The van der Waals surface area contributed by atoms with Crippen molar-refractivity contribution in [3.05, 3.63) is 56.7 Å². The Kier molecular flexibility index (Phi) is 4.41. The van der Waals surface area contributed by atoms with E-state index in [1.807, 2.05) is 11.4 Å². The van der Waals surface area contributed by atoms with Crippen LogP contribution in [0.5, 0.6) is 0 Å². The highest BCUT2D eigenvalue weighted by Gasteiger charge is 2.31. The van der Waals surface area contributed by atoms with Gasteiger partial charge in [-0.1, -0.05) is 42.8 Å². The molecule has 0 amide bonds. The van der Waals surface area contributed by atoms with E-state index < -0.39 is 0 Å². The van der Waals surface area contributed by atoms with Crippen LogP contribution in [0.1, 0.15) is 35.1 Å². The molecule has 2 unspecified atom stereocenters. The van der Waals surface area contributed by atoms with Crippen molar-refractivity contribution in [2.24, 2.45) is 0 Å². The summed E-state index contributed by atoms with van der Waals surface area (Å²) in [7, 11) is 0. The molecule has 0 saturated carbocycles. The van der Waals surface area contributed by atoms with Gasteiger partial charge in [-0.15, -0.1) is 11.3 Å². The third-order valence-corrected chi connectivity index (χ3v) is 5.13. The van der Waals surface area contributed by atoms with Crippen LogP contribution in [-0.2, 0) is 11.2 Å². The summed E-state index contributed by atoms with van der Waals surface area (Å²) < 4.78 is 6.08. The SMILES string of the molecule is CCNC(c1sccc1Cl)C1OCCc2ccccc21. The summed E-state index contributed by atoms with van der Waals surface area (Å²) in [5, 5.41) is 6.40. The Morgan fingerprint density at radius 3 is 3.00 bits per heavy atom. The quantitative estimate of drug-likeness (QED) is 0.906. The molecule has 106 valence electrons. The summed E-state index contributed by atoms with van der Waals surface area (Å²) in [6.07, 6.45) is 1.03. The zero-order chi connectivity index (χ0) is 13.9. The molecular weight excluding hydrogens is 290 g/mol. The number of benzene rings is 1. The molecule has 0 spiro atoms. The summed E-state index contributed by atoms with van der Waals surface area (Å²) in [4.78, 5) is 1.16. The third kappa shape index (κ3) is 2.63. The normalized spacial score (nSPS) is 19.6. The Labute approximate surface area is 128 Å². The van der Waals surface area contributed by atoms with E-state index >= 15 is 0 Å². The number of rotatable bonds is 4. The predicted octanol–water partition coefficient (Wildman–Crippen LogP) is 4.37. The Morgan fingerprint density at radius 2 is 2.25 bits per heavy atom. The van der Waals surface area contributed by atoms with Crippen molar-refractivity contribution in [1.82, 2.24) is 5.32 Å². The largest absolute Gasteiger partial charge is 0.371 e. The maximum Gasteiger partial charge on any atom is 0.103 e. The van der Waals surface area contributed by atoms with Gasteiger partial charge < -0.3 is 10.1 Å². The van der Waals surface area contributed by atoms with E-state index in [1.165, 1.54) is 11.1 Å². The molecule has 3 rings (SSSR count). The number of nitrogens with one attached hydrogen (secondary N) is 1. The highest BCUT2D eigenvalue weighted by molar-refractivity contribution is 7.10. The average Bonchev–Trinajstić information content (AvgIpc) is 2.90. The Morgan fingerprint density at radius 1 is 1.40 bits per heavy atom. The van der Waals surface area contributed by atoms with Crippen molar-refractivity contribution in [1.29, 1.82) is 0 Å². The van der Waals surface area contributed by atoms with Crippen LogP contribution in [0, 0.1) is 0 Å². The minimum Gasteiger partial charge on any atom is -0.371 e. The van der Waals surface area contributed by atoms with Gasteiger partial charge in [0.25, 0.3) is 0 Å². The van der Waals surface area contributed by atoms with Gasteiger partial charge in [-0.25, -0.2) is 0 Å². The van der Waals surface area contributed by atoms with Crippen molar-refractivity contribution in [3.8, 4) is 0 Å². The van der Waals surface area contributed by atoms with E-state index in [-0.39, 0.29) is 12.1 Å². The molecule has 2 nitrogen and oxygen atoms in total. The highest BCUT2D eigenvalue weighted by atomic mass is 35.5. The second kappa shape index (κ2) is 6.27. The van der Waals surface area contributed by atoms with Crippen LogP contribution in [-0.4, -0.2) is 13.2 Å². The molecule has 2 aromatic rings. The molecular formula is C16H18ClNOS. The fraction of sp³-hybridized carbons (Fsp3) is 0.375. The van der Waals surface area contributed by atoms with Crippen LogP contribution < -0.4 is 5.32 Å². The van der Waals surface area contributed by atoms with Gasteiger partial charge in [-0.05, 0) is 35.5 Å². The van der Waals surface area contributed by atoms with E-state index in [9.17, 15) is 0 Å². The van der Waals surface area contributed by atoms with Gasteiger partial charge in [0.05, 0.1) is 17.7 Å². The third-order valence-electron chi connectivity index (χ3n) is 3.68. The minimum absolute atomic E-state index is 0.0380. The number of halogens is 1. The molecule has 0 fully saturated rings. The van der Waals surface area contributed by atoms with Gasteiger partial charge in [-0.3, -0.25) is 0 Å². The fourth-order valence-corrected chi connectivity index (χ4v) is 4.06. The molecule has 20 heavy (non-hydrogen) atoms. The van der Waals surface area contributed by atoms with Crippen LogP contribution >= 0.6 is 22.9 Å². The molecule has 2 atom stereocenters. The first-order valence-electron chi connectivity index (χ1n) is 6.97. The minimum atomic E-state index is 0.0380. The Hall–Kier alpha value is -0.870. The van der Waals surface area contributed by atoms with Crippen molar-refractivity contribution in [2.75, 3.05) is 13.2 Å². The van der Waals surface area contributed by atoms with Crippen molar-refractivity contribution in [3.63, 3.8) is 0 Å². The van der Waals surface area contributed by atoms with Crippen LogP contribution in [0.4, 0.5) is 0 Å². The number of likely N-dealkylation sites (N-methyl/N-ethyl adjacent to an activating group) is 1. The lowest BCUT2D eigenvalue weighted by Gasteiger charge is -2.32. The first-order valence-corrected chi connectivity index (χ1v) is 8.22. The van der Waals surface area contributed by atoms with Gasteiger partial charge in [0.2, 0.25) is 0 Å². The van der Waals surface area contributed by atoms with Crippen molar-refractivity contribution >= 4 is 22.9 Å². The molecule has 1 aliphatic heterocycles. The number of hydrogen-bond donors (Lipinski definition) is 1. The van der Waals surface area contributed by atoms with E-state index in [0.29, 0.717) is 0 Å². The molecule has 0 saturated heterocycles. The number of hydrogen-bond acceptors (Lipinski definition) is 3. The number of ether oxygens (including phenoxy) is 1. The molecule has 1 aromatic carbocycles. The standard InChI is InChI=1S/C16H18ClNOS/c1-2-18-14(16-13(17)8-10-20-16)15-12-6-4-3-5-11(12)7-9-19-15/h3-6,8,10,14-15,18H,2,7,9H2,1H3. The highest BCUT2D eigenvalue weighted by Crippen LogP contribution is 2.41. The van der Waals surface area contributed by atoms with E-state index in [2.05, 4.69) is 36.5 Å². The molecule has 0 radical (unpaired) electrons. The number of thiophene rings is 1. The zero-order valence-corrected chi connectivity index (χ0v) is 13.0. The molecule has 1 N–H and O–H groups in total. The second-order valence-electron chi connectivity index (χ2n) is 4.91. The van der Waals surface area contributed by atoms with Gasteiger partial charge in [0.15, 0.2) is 0 Å². The van der Waals surface area contributed by atoms with Gasteiger partial charge >= 0.3 is 0 Å². The first kappa shape index (κ1) is 14.1. The Balaban J connectivity index is 1.99. The summed E-state index contributed by atoms with van der Waals surface area (Å²) in [5.74, 6) is 0. The average molecular weight is 308 g/mol. The number of fused-ring (bicyclic) bond motifs is 1. The van der Waals surface area contributed by atoms with Crippen LogP contribution in [0.2, 0.25) is 5.02 Å². The second-order valence-corrected chi connectivity index (χ2v) is 6.26. The summed E-state index contributed by atoms with van der Waals surface area (Å²) in [5.41, 5.74) is 2.67. The van der Waals surface area contributed by atoms with Crippen LogP contribution in [0.25, 0.3) is 0 Å². The fourth-order valence-electron chi connectivity index (χ4n) is 2.79. The lowest BCUT2D eigenvalue weighted by molar-refractivity contribution is 0.0160. The van der Waals surface area contributed by atoms with Crippen molar-refractivity contribution < 1.29 is 4.74 Å².